The Morgan fingerprint density at radius 2 is 1.89 bits per heavy atom. The predicted octanol–water partition coefficient (Wildman–Crippen LogP) is 3.34. The molecule has 0 aliphatic heterocycles. The number of ether oxygens (including phenoxy) is 3. The van der Waals surface area contributed by atoms with Crippen LogP contribution in [0.3, 0.4) is 0 Å². The summed E-state index contributed by atoms with van der Waals surface area (Å²) in [6.07, 6.45) is 0. The standard InChI is InChI=1S/C12H15BrO4.CH4/c1-4-17-12(14)11(13)8-5-6-9(15-2)10(7-8)16-3;/h5-7,11H,4H2,1-3H3;1H4. The lowest BCUT2D eigenvalue weighted by Gasteiger charge is -2.12. The number of rotatable bonds is 5. The average Bonchev–Trinajstić information content (AvgIpc) is 2.37. The first-order valence-electron chi connectivity index (χ1n) is 5.16. The van der Waals surface area contributed by atoms with E-state index in [1.807, 2.05) is 0 Å². The summed E-state index contributed by atoms with van der Waals surface area (Å²) in [5.41, 5.74) is 0.765. The van der Waals surface area contributed by atoms with E-state index in [9.17, 15) is 4.79 Å². The normalized spacial score (nSPS) is 11.1. The van der Waals surface area contributed by atoms with E-state index in [4.69, 9.17) is 14.2 Å². The van der Waals surface area contributed by atoms with Crippen molar-refractivity contribution in [3.63, 3.8) is 0 Å². The first-order valence-corrected chi connectivity index (χ1v) is 6.08. The van der Waals surface area contributed by atoms with E-state index in [-0.39, 0.29) is 13.4 Å². The Labute approximate surface area is 116 Å². The number of alkyl halides is 1. The fraction of sp³-hybridized carbons (Fsp3) is 0.462. The van der Waals surface area contributed by atoms with Crippen LogP contribution in [0.25, 0.3) is 0 Å². The van der Waals surface area contributed by atoms with Gasteiger partial charge in [-0.3, -0.25) is 4.79 Å². The monoisotopic (exact) mass is 318 g/mol. The summed E-state index contributed by atoms with van der Waals surface area (Å²) in [6.45, 7) is 2.13. The smallest absolute Gasteiger partial charge is 0.324 e. The number of benzene rings is 1. The molecule has 102 valence electrons. The average molecular weight is 319 g/mol. The third-order valence-corrected chi connectivity index (χ3v) is 3.10. The van der Waals surface area contributed by atoms with Crippen molar-refractivity contribution in [2.75, 3.05) is 20.8 Å². The Bertz CT molecular complexity index is 393. The second-order valence-electron chi connectivity index (χ2n) is 3.23. The quantitative estimate of drug-likeness (QED) is 0.617. The van der Waals surface area contributed by atoms with Crippen molar-refractivity contribution in [1.29, 1.82) is 0 Å². The Hall–Kier alpha value is -1.23. The van der Waals surface area contributed by atoms with Crippen LogP contribution in [0.5, 0.6) is 11.5 Å². The van der Waals surface area contributed by atoms with Crippen LogP contribution in [0.4, 0.5) is 0 Å². The first kappa shape index (κ1) is 16.8. The lowest BCUT2D eigenvalue weighted by Crippen LogP contribution is -2.10. The maximum absolute atomic E-state index is 11.6. The van der Waals surface area contributed by atoms with Crippen molar-refractivity contribution in [2.45, 2.75) is 19.2 Å². The summed E-state index contributed by atoms with van der Waals surface area (Å²) >= 11 is 3.29. The van der Waals surface area contributed by atoms with Gasteiger partial charge in [-0.15, -0.1) is 0 Å². The third kappa shape index (κ3) is 3.91. The van der Waals surface area contributed by atoms with Gasteiger partial charge in [-0.05, 0) is 24.6 Å². The molecule has 1 unspecified atom stereocenters. The van der Waals surface area contributed by atoms with Crippen LogP contribution in [0.1, 0.15) is 24.7 Å². The number of carbonyl (C=O) groups is 1. The molecule has 0 saturated carbocycles. The van der Waals surface area contributed by atoms with Crippen LogP contribution in [-0.2, 0) is 9.53 Å². The van der Waals surface area contributed by atoms with Gasteiger partial charge in [0.2, 0.25) is 0 Å². The molecule has 0 amide bonds. The minimum absolute atomic E-state index is 0. The van der Waals surface area contributed by atoms with Crippen molar-refractivity contribution in [2.24, 2.45) is 0 Å². The molecular weight excluding hydrogens is 300 g/mol. The van der Waals surface area contributed by atoms with E-state index in [1.54, 1.807) is 39.3 Å². The van der Waals surface area contributed by atoms with Gasteiger partial charge in [0.15, 0.2) is 11.5 Å². The molecule has 0 radical (unpaired) electrons. The zero-order valence-electron chi connectivity index (χ0n) is 10.0. The summed E-state index contributed by atoms with van der Waals surface area (Å²) in [5.74, 6) is 0.887. The van der Waals surface area contributed by atoms with E-state index in [0.717, 1.165) is 5.56 Å². The molecule has 1 atom stereocenters. The number of hydrogen-bond donors (Lipinski definition) is 0. The second-order valence-corrected chi connectivity index (χ2v) is 4.14. The van der Waals surface area contributed by atoms with Crippen molar-refractivity contribution in [1.82, 2.24) is 0 Å². The predicted molar refractivity (Wildman–Crippen MR) is 74.6 cm³/mol. The SMILES string of the molecule is C.CCOC(=O)C(Br)c1ccc(OC)c(OC)c1. The largest absolute Gasteiger partial charge is 0.493 e. The fourth-order valence-corrected chi connectivity index (χ4v) is 1.78. The Morgan fingerprint density at radius 3 is 2.39 bits per heavy atom. The van der Waals surface area contributed by atoms with Gasteiger partial charge in [-0.25, -0.2) is 0 Å². The van der Waals surface area contributed by atoms with Crippen molar-refractivity contribution in [3.05, 3.63) is 23.8 Å². The van der Waals surface area contributed by atoms with Gasteiger partial charge < -0.3 is 14.2 Å². The molecule has 1 rings (SSSR count). The molecule has 0 aliphatic carbocycles. The number of halogens is 1. The van der Waals surface area contributed by atoms with E-state index in [1.165, 1.54) is 0 Å². The van der Waals surface area contributed by atoms with E-state index >= 15 is 0 Å². The van der Waals surface area contributed by atoms with Crippen molar-refractivity contribution < 1.29 is 19.0 Å². The fourth-order valence-electron chi connectivity index (χ4n) is 1.36. The summed E-state index contributed by atoms with van der Waals surface area (Å²) < 4.78 is 15.2. The molecule has 0 N–H and O–H groups in total. The zero-order chi connectivity index (χ0) is 12.8. The highest BCUT2D eigenvalue weighted by Crippen LogP contribution is 2.33. The van der Waals surface area contributed by atoms with Crippen LogP contribution in [0.15, 0.2) is 18.2 Å². The Kier molecular flexibility index (Phi) is 7.43. The molecule has 0 heterocycles. The summed E-state index contributed by atoms with van der Waals surface area (Å²) in [5, 5.41) is 0. The van der Waals surface area contributed by atoms with Gasteiger partial charge in [-0.1, -0.05) is 29.4 Å². The van der Waals surface area contributed by atoms with Crippen LogP contribution in [-0.4, -0.2) is 26.8 Å². The van der Waals surface area contributed by atoms with Gasteiger partial charge in [0, 0.05) is 0 Å². The molecule has 0 fully saturated rings. The molecule has 1 aromatic rings. The maximum Gasteiger partial charge on any atom is 0.324 e. The molecule has 5 heteroatoms. The number of carbonyl (C=O) groups excluding carboxylic acids is 1. The topological polar surface area (TPSA) is 44.8 Å². The third-order valence-electron chi connectivity index (χ3n) is 2.19. The molecule has 0 bridgehead atoms. The van der Waals surface area contributed by atoms with Crippen LogP contribution >= 0.6 is 15.9 Å². The lowest BCUT2D eigenvalue weighted by atomic mass is 10.1. The Morgan fingerprint density at radius 1 is 1.28 bits per heavy atom. The highest BCUT2D eigenvalue weighted by molar-refractivity contribution is 9.09. The van der Waals surface area contributed by atoms with Crippen LogP contribution in [0.2, 0.25) is 0 Å². The second kappa shape index (κ2) is 7.97. The summed E-state index contributed by atoms with van der Waals surface area (Å²) in [7, 11) is 3.11. The first-order chi connectivity index (χ1) is 8.13. The van der Waals surface area contributed by atoms with Crippen LogP contribution < -0.4 is 9.47 Å². The minimum Gasteiger partial charge on any atom is -0.493 e. The number of hydrogen-bond acceptors (Lipinski definition) is 4. The van der Waals surface area contributed by atoms with E-state index in [0.29, 0.717) is 18.1 Å². The maximum atomic E-state index is 11.6. The lowest BCUT2D eigenvalue weighted by molar-refractivity contribution is -0.142. The minimum atomic E-state index is -0.498. The highest BCUT2D eigenvalue weighted by atomic mass is 79.9. The van der Waals surface area contributed by atoms with Gasteiger partial charge in [-0.2, -0.15) is 0 Å². The van der Waals surface area contributed by atoms with Crippen molar-refractivity contribution >= 4 is 21.9 Å². The summed E-state index contributed by atoms with van der Waals surface area (Å²) in [4.78, 5) is 11.1. The molecule has 0 aromatic heterocycles. The molecule has 18 heavy (non-hydrogen) atoms. The molecule has 0 aliphatic rings. The van der Waals surface area contributed by atoms with Gasteiger partial charge in [0.05, 0.1) is 20.8 Å². The number of methoxy groups -OCH3 is 2. The number of esters is 1. The molecular formula is C13H19BrO4. The van der Waals surface area contributed by atoms with E-state index < -0.39 is 4.83 Å². The van der Waals surface area contributed by atoms with Crippen LogP contribution in [0, 0.1) is 0 Å². The summed E-state index contributed by atoms with van der Waals surface area (Å²) in [6, 6.07) is 5.29. The Balaban J connectivity index is 0.00000289. The molecule has 4 nitrogen and oxygen atoms in total. The van der Waals surface area contributed by atoms with Gasteiger partial charge >= 0.3 is 5.97 Å². The van der Waals surface area contributed by atoms with Gasteiger partial charge in [0.25, 0.3) is 0 Å². The van der Waals surface area contributed by atoms with E-state index in [2.05, 4.69) is 15.9 Å². The molecule has 1 aromatic carbocycles. The zero-order valence-corrected chi connectivity index (χ0v) is 11.6. The highest BCUT2D eigenvalue weighted by Gasteiger charge is 2.19. The van der Waals surface area contributed by atoms with Gasteiger partial charge in [0.1, 0.15) is 4.83 Å². The molecule has 0 saturated heterocycles. The van der Waals surface area contributed by atoms with Crippen molar-refractivity contribution in [3.8, 4) is 11.5 Å². The molecule has 0 spiro atoms.